The molecule has 2 N–H and O–H groups in total. The molecule has 3 nitrogen and oxygen atoms in total. The molecular formula is C16H16ClNO2. The smallest absolute Gasteiger partial charge is 0.313 e. The molecule has 0 aliphatic heterocycles. The van der Waals surface area contributed by atoms with Gasteiger partial charge in [0.25, 0.3) is 0 Å². The molecule has 0 radical (unpaired) electrons. The van der Waals surface area contributed by atoms with E-state index >= 15 is 0 Å². The fourth-order valence-electron chi connectivity index (χ4n) is 1.96. The number of aliphatic carboxylic acids is 1. The summed E-state index contributed by atoms with van der Waals surface area (Å²) in [6, 6.07) is 14.7. The highest BCUT2D eigenvalue weighted by Crippen LogP contribution is 2.33. The Bertz CT molecular complexity index is 638. The number of hydrogen-bond acceptors (Lipinski definition) is 2. The number of carboxylic acid groups (broad SMARTS) is 1. The van der Waals surface area contributed by atoms with Crippen molar-refractivity contribution in [3.05, 3.63) is 59.1 Å². The van der Waals surface area contributed by atoms with E-state index in [2.05, 4.69) is 5.32 Å². The quantitative estimate of drug-likeness (QED) is 0.874. The summed E-state index contributed by atoms with van der Waals surface area (Å²) >= 11 is 6.12. The molecule has 0 fully saturated rings. The van der Waals surface area contributed by atoms with Crippen molar-refractivity contribution in [1.29, 1.82) is 0 Å². The van der Waals surface area contributed by atoms with Crippen LogP contribution in [0.1, 0.15) is 19.4 Å². The van der Waals surface area contributed by atoms with Gasteiger partial charge in [-0.05, 0) is 37.6 Å². The number of nitrogens with one attached hydrogen (secondary N) is 1. The van der Waals surface area contributed by atoms with E-state index in [1.165, 1.54) is 0 Å². The van der Waals surface area contributed by atoms with E-state index < -0.39 is 11.4 Å². The van der Waals surface area contributed by atoms with Gasteiger partial charge in [-0.25, -0.2) is 0 Å². The van der Waals surface area contributed by atoms with Gasteiger partial charge in [0.15, 0.2) is 0 Å². The van der Waals surface area contributed by atoms with Crippen molar-refractivity contribution in [2.45, 2.75) is 19.3 Å². The van der Waals surface area contributed by atoms with Gasteiger partial charge in [0.2, 0.25) is 0 Å². The van der Waals surface area contributed by atoms with Crippen molar-refractivity contribution in [2.24, 2.45) is 0 Å². The predicted molar refractivity (Wildman–Crippen MR) is 81.8 cm³/mol. The molecule has 0 saturated heterocycles. The number of para-hydroxylation sites is 2. The van der Waals surface area contributed by atoms with E-state index in [9.17, 15) is 9.90 Å². The molecule has 0 bridgehead atoms. The van der Waals surface area contributed by atoms with E-state index in [4.69, 9.17) is 11.6 Å². The SMILES string of the molecule is CC(C)(C(=O)O)c1ccccc1Nc1ccccc1Cl. The molecule has 2 aromatic rings. The summed E-state index contributed by atoms with van der Waals surface area (Å²) in [7, 11) is 0. The average Bonchev–Trinajstić information content (AvgIpc) is 2.41. The molecule has 0 spiro atoms. The van der Waals surface area contributed by atoms with Crippen LogP contribution in [0.5, 0.6) is 0 Å². The number of hydrogen-bond donors (Lipinski definition) is 2. The number of carbonyl (C=O) groups is 1. The van der Waals surface area contributed by atoms with Gasteiger partial charge < -0.3 is 10.4 Å². The normalized spacial score (nSPS) is 11.2. The minimum absolute atomic E-state index is 0.593. The zero-order chi connectivity index (χ0) is 14.8. The summed E-state index contributed by atoms with van der Waals surface area (Å²) in [6.45, 7) is 3.37. The lowest BCUT2D eigenvalue weighted by atomic mass is 9.83. The minimum Gasteiger partial charge on any atom is -0.481 e. The van der Waals surface area contributed by atoms with Gasteiger partial charge in [-0.2, -0.15) is 0 Å². The first-order valence-corrected chi connectivity index (χ1v) is 6.65. The Hall–Kier alpha value is -2.00. The summed E-state index contributed by atoms with van der Waals surface area (Å²) in [5.74, 6) is -0.870. The summed E-state index contributed by atoms with van der Waals surface area (Å²) in [4.78, 5) is 11.4. The maximum absolute atomic E-state index is 11.4. The zero-order valence-corrected chi connectivity index (χ0v) is 12.1. The van der Waals surface area contributed by atoms with Gasteiger partial charge in [0, 0.05) is 5.69 Å². The largest absolute Gasteiger partial charge is 0.481 e. The van der Waals surface area contributed by atoms with Crippen LogP contribution < -0.4 is 5.32 Å². The third-order valence-electron chi connectivity index (χ3n) is 3.28. The topological polar surface area (TPSA) is 49.3 Å². The van der Waals surface area contributed by atoms with Gasteiger partial charge >= 0.3 is 5.97 Å². The number of benzene rings is 2. The molecule has 0 saturated carbocycles. The molecule has 4 heteroatoms. The third kappa shape index (κ3) is 2.78. The Labute approximate surface area is 123 Å². The van der Waals surface area contributed by atoms with Crippen LogP contribution in [0.3, 0.4) is 0 Å². The van der Waals surface area contributed by atoms with Crippen molar-refractivity contribution in [1.82, 2.24) is 0 Å². The van der Waals surface area contributed by atoms with Crippen molar-refractivity contribution in [3.63, 3.8) is 0 Å². The van der Waals surface area contributed by atoms with E-state index in [0.29, 0.717) is 10.6 Å². The van der Waals surface area contributed by atoms with Crippen molar-refractivity contribution in [2.75, 3.05) is 5.32 Å². The van der Waals surface area contributed by atoms with Crippen LogP contribution in [0.4, 0.5) is 11.4 Å². The first kappa shape index (κ1) is 14.4. The molecular weight excluding hydrogens is 274 g/mol. The van der Waals surface area contributed by atoms with Crippen LogP contribution in [0.15, 0.2) is 48.5 Å². The summed E-state index contributed by atoms with van der Waals surface area (Å²) in [5.41, 5.74) is 1.23. The van der Waals surface area contributed by atoms with E-state index in [-0.39, 0.29) is 0 Å². The van der Waals surface area contributed by atoms with Crippen molar-refractivity contribution < 1.29 is 9.90 Å². The lowest BCUT2D eigenvalue weighted by Crippen LogP contribution is -2.29. The molecule has 2 rings (SSSR count). The molecule has 2 aromatic carbocycles. The third-order valence-corrected chi connectivity index (χ3v) is 3.61. The van der Waals surface area contributed by atoms with E-state index in [0.717, 1.165) is 11.4 Å². The number of carboxylic acids is 1. The van der Waals surface area contributed by atoms with Gasteiger partial charge in [-0.3, -0.25) is 4.79 Å². The highest BCUT2D eigenvalue weighted by Gasteiger charge is 2.31. The highest BCUT2D eigenvalue weighted by molar-refractivity contribution is 6.33. The van der Waals surface area contributed by atoms with Gasteiger partial charge in [-0.1, -0.05) is 41.9 Å². The Kier molecular flexibility index (Phi) is 4.00. The standard InChI is InChI=1S/C16H16ClNO2/c1-16(2,15(19)20)11-7-3-5-9-13(11)18-14-10-6-4-8-12(14)17/h3-10,18H,1-2H3,(H,19,20). The molecule has 0 amide bonds. The molecule has 0 aliphatic rings. The lowest BCUT2D eigenvalue weighted by Gasteiger charge is -2.23. The summed E-state index contributed by atoms with van der Waals surface area (Å²) < 4.78 is 0. The first-order valence-electron chi connectivity index (χ1n) is 6.27. The molecule has 0 atom stereocenters. The Balaban J connectivity index is 2.44. The van der Waals surface area contributed by atoms with Crippen molar-refractivity contribution >= 4 is 28.9 Å². The molecule has 104 valence electrons. The second-order valence-electron chi connectivity index (χ2n) is 5.08. The van der Waals surface area contributed by atoms with E-state index in [1.807, 2.05) is 42.5 Å². The molecule has 0 aliphatic carbocycles. The molecule has 0 aromatic heterocycles. The van der Waals surface area contributed by atoms with Crippen LogP contribution in [-0.2, 0) is 10.2 Å². The average molecular weight is 290 g/mol. The fourth-order valence-corrected chi connectivity index (χ4v) is 2.14. The maximum Gasteiger partial charge on any atom is 0.313 e. The molecule has 20 heavy (non-hydrogen) atoms. The van der Waals surface area contributed by atoms with Crippen LogP contribution in [0, 0.1) is 0 Å². The van der Waals surface area contributed by atoms with Crippen molar-refractivity contribution in [3.8, 4) is 0 Å². The monoisotopic (exact) mass is 289 g/mol. The van der Waals surface area contributed by atoms with Gasteiger partial charge in [0.05, 0.1) is 16.1 Å². The zero-order valence-electron chi connectivity index (χ0n) is 11.4. The lowest BCUT2D eigenvalue weighted by molar-refractivity contribution is -0.142. The maximum atomic E-state index is 11.4. The van der Waals surface area contributed by atoms with Gasteiger partial charge in [-0.15, -0.1) is 0 Å². The van der Waals surface area contributed by atoms with Gasteiger partial charge in [0.1, 0.15) is 0 Å². The fraction of sp³-hybridized carbons (Fsp3) is 0.188. The molecule has 0 heterocycles. The van der Waals surface area contributed by atoms with E-state index in [1.54, 1.807) is 19.9 Å². The van der Waals surface area contributed by atoms with Crippen LogP contribution in [0.25, 0.3) is 0 Å². The van der Waals surface area contributed by atoms with Crippen LogP contribution in [0.2, 0.25) is 5.02 Å². The highest BCUT2D eigenvalue weighted by atomic mass is 35.5. The van der Waals surface area contributed by atoms with Crippen LogP contribution >= 0.6 is 11.6 Å². The Morgan fingerprint density at radius 2 is 1.60 bits per heavy atom. The van der Waals surface area contributed by atoms with Crippen LogP contribution in [-0.4, -0.2) is 11.1 Å². The number of halogens is 1. The second kappa shape index (κ2) is 5.55. The first-order chi connectivity index (χ1) is 9.43. The predicted octanol–water partition coefficient (Wildman–Crippen LogP) is 4.45. The molecule has 0 unspecified atom stereocenters. The number of rotatable bonds is 4. The summed E-state index contributed by atoms with van der Waals surface area (Å²) in [5, 5.41) is 13.2. The second-order valence-corrected chi connectivity index (χ2v) is 5.49. The Morgan fingerprint density at radius 1 is 1.05 bits per heavy atom. The minimum atomic E-state index is -0.981. The summed E-state index contributed by atoms with van der Waals surface area (Å²) in [6.07, 6.45) is 0. The Morgan fingerprint density at radius 3 is 2.20 bits per heavy atom. The number of anilines is 2.